The number of amides is 2. The fourth-order valence-corrected chi connectivity index (χ4v) is 6.75. The van der Waals surface area contributed by atoms with Crippen LogP contribution < -0.4 is 19.7 Å². The van der Waals surface area contributed by atoms with Crippen molar-refractivity contribution in [3.8, 4) is 11.5 Å². The van der Waals surface area contributed by atoms with Gasteiger partial charge in [0.1, 0.15) is 0 Å². The van der Waals surface area contributed by atoms with Crippen LogP contribution in [0.15, 0.2) is 71.6 Å². The van der Waals surface area contributed by atoms with E-state index in [0.29, 0.717) is 17.9 Å². The first kappa shape index (κ1) is 33.1. The Bertz CT molecular complexity index is 1680. The van der Waals surface area contributed by atoms with Gasteiger partial charge in [-0.15, -0.1) is 0 Å². The van der Waals surface area contributed by atoms with Crippen LogP contribution in [0.4, 0.5) is 19.3 Å². The molecule has 11 nitrogen and oxygen atoms in total. The summed E-state index contributed by atoms with van der Waals surface area (Å²) in [5, 5.41) is 14.3. The molecule has 0 aromatic heterocycles. The number of cyclic esters (lactones) is 1. The van der Waals surface area contributed by atoms with Gasteiger partial charge < -0.3 is 24.6 Å². The van der Waals surface area contributed by atoms with E-state index in [0.717, 1.165) is 22.6 Å². The molecule has 2 aliphatic rings. The van der Waals surface area contributed by atoms with E-state index in [1.165, 1.54) is 28.6 Å². The minimum atomic E-state index is -4.13. The smallest absolute Gasteiger partial charge is 0.415 e. The van der Waals surface area contributed by atoms with Gasteiger partial charge in [-0.3, -0.25) is 9.69 Å². The lowest BCUT2D eigenvalue weighted by atomic mass is 10.0. The molecule has 3 aromatic carbocycles. The Hall–Kier alpha value is -4.27. The SMILES string of the molecule is CC[C@H](C)CN(C[C@@H](O)[C@H](Cc1ccccc1)NC(=O)[C@@H]1CN(c2ccc(F)c(F)c2)C(=O)O1)S(=O)(=O)c1ccc2c(c1)OCO2. The molecule has 2 N–H and O–H groups in total. The number of anilines is 1. The highest BCUT2D eigenvalue weighted by Crippen LogP contribution is 2.35. The van der Waals surface area contributed by atoms with Gasteiger partial charge in [-0.1, -0.05) is 50.6 Å². The van der Waals surface area contributed by atoms with Crippen molar-refractivity contribution in [2.75, 3.05) is 31.3 Å². The van der Waals surface area contributed by atoms with Crippen molar-refractivity contribution in [1.29, 1.82) is 0 Å². The lowest BCUT2D eigenvalue weighted by Crippen LogP contribution is -2.53. The van der Waals surface area contributed by atoms with Crippen LogP contribution in [0.3, 0.4) is 0 Å². The van der Waals surface area contributed by atoms with Crippen LogP contribution in [0, 0.1) is 17.6 Å². The fourth-order valence-electron chi connectivity index (χ4n) is 5.16. The van der Waals surface area contributed by atoms with Crippen LogP contribution in [0.2, 0.25) is 0 Å². The Morgan fingerprint density at radius 3 is 2.50 bits per heavy atom. The van der Waals surface area contributed by atoms with E-state index in [4.69, 9.17) is 14.2 Å². The van der Waals surface area contributed by atoms with Gasteiger partial charge in [-0.2, -0.15) is 4.31 Å². The van der Waals surface area contributed by atoms with Crippen molar-refractivity contribution in [3.05, 3.63) is 83.9 Å². The summed E-state index contributed by atoms with van der Waals surface area (Å²) in [5.74, 6) is -2.34. The fraction of sp³-hybridized carbons (Fsp3) is 0.375. The van der Waals surface area contributed by atoms with Crippen LogP contribution >= 0.6 is 0 Å². The molecule has 1 fully saturated rings. The summed E-state index contributed by atoms with van der Waals surface area (Å²) >= 11 is 0. The normalized spacial score (nSPS) is 17.9. The van der Waals surface area contributed by atoms with Gasteiger partial charge in [0.25, 0.3) is 5.91 Å². The maximum absolute atomic E-state index is 13.9. The number of hydrogen-bond acceptors (Lipinski definition) is 8. The topological polar surface area (TPSA) is 135 Å². The first-order chi connectivity index (χ1) is 22.0. The lowest BCUT2D eigenvalue weighted by Gasteiger charge is -2.31. The molecule has 246 valence electrons. The minimum Gasteiger partial charge on any atom is -0.454 e. The summed E-state index contributed by atoms with van der Waals surface area (Å²) in [7, 11) is -4.13. The number of aliphatic hydroxyl groups excluding tert-OH is 1. The Labute approximate surface area is 265 Å². The highest BCUT2D eigenvalue weighted by atomic mass is 32.2. The number of carbonyl (C=O) groups excluding carboxylic acids is 2. The Morgan fingerprint density at radius 2 is 1.78 bits per heavy atom. The molecule has 46 heavy (non-hydrogen) atoms. The number of fused-ring (bicyclic) bond motifs is 1. The first-order valence-corrected chi connectivity index (χ1v) is 16.3. The highest BCUT2D eigenvalue weighted by Gasteiger charge is 2.39. The van der Waals surface area contributed by atoms with Crippen molar-refractivity contribution in [3.63, 3.8) is 0 Å². The van der Waals surface area contributed by atoms with E-state index in [-0.39, 0.29) is 49.3 Å². The van der Waals surface area contributed by atoms with Crippen LogP contribution in [0.1, 0.15) is 25.8 Å². The molecule has 0 spiro atoms. The van der Waals surface area contributed by atoms with Crippen LogP contribution in [0.5, 0.6) is 11.5 Å². The number of benzene rings is 3. The number of hydrogen-bond donors (Lipinski definition) is 2. The molecule has 0 radical (unpaired) electrons. The number of nitrogens with one attached hydrogen (secondary N) is 1. The van der Waals surface area contributed by atoms with E-state index < -0.39 is 51.9 Å². The van der Waals surface area contributed by atoms with Gasteiger partial charge in [-0.05, 0) is 42.2 Å². The second-order valence-electron chi connectivity index (χ2n) is 11.3. The van der Waals surface area contributed by atoms with Crippen LogP contribution in [0.25, 0.3) is 0 Å². The summed E-state index contributed by atoms with van der Waals surface area (Å²) in [6, 6.07) is 15.2. The lowest BCUT2D eigenvalue weighted by molar-refractivity contribution is -0.129. The standard InChI is InChI=1S/C32H35F2N3O8S/c1-3-20(2)16-36(46(41,42)23-10-12-28-29(15-23)44-19-43-28)17-27(38)26(13-21-7-5-4-6-8-21)35-31(39)30-18-37(32(40)45-30)22-9-11-24(33)25(34)14-22/h4-12,14-15,20,26-27,30,38H,3,13,16-19H2,1-2H3,(H,35,39)/t20-,26-,27+,30-/m0/s1. The minimum absolute atomic E-state index is 0.00878. The quantitative estimate of drug-likeness (QED) is 0.283. The largest absolute Gasteiger partial charge is 0.454 e. The molecule has 0 aliphatic carbocycles. The van der Waals surface area contributed by atoms with E-state index >= 15 is 0 Å². The zero-order valence-corrected chi connectivity index (χ0v) is 26.1. The van der Waals surface area contributed by atoms with Gasteiger partial charge in [0.15, 0.2) is 29.2 Å². The van der Waals surface area contributed by atoms with Gasteiger partial charge in [0.2, 0.25) is 16.8 Å². The second kappa shape index (κ2) is 14.0. The molecule has 0 unspecified atom stereocenters. The number of sulfonamides is 1. The number of carbonyl (C=O) groups is 2. The van der Waals surface area contributed by atoms with Crippen molar-refractivity contribution in [2.24, 2.45) is 5.92 Å². The van der Waals surface area contributed by atoms with Crippen molar-refractivity contribution in [2.45, 2.75) is 49.8 Å². The van der Waals surface area contributed by atoms with Crippen molar-refractivity contribution < 1.29 is 46.1 Å². The average molecular weight is 660 g/mol. The van der Waals surface area contributed by atoms with Crippen molar-refractivity contribution in [1.82, 2.24) is 9.62 Å². The molecular formula is C32H35F2N3O8S. The summed E-state index contributed by atoms with van der Waals surface area (Å²) in [5.41, 5.74) is 0.764. The molecule has 14 heteroatoms. The molecule has 2 amide bonds. The molecule has 2 heterocycles. The van der Waals surface area contributed by atoms with E-state index in [2.05, 4.69) is 5.32 Å². The third kappa shape index (κ3) is 7.40. The van der Waals surface area contributed by atoms with Gasteiger partial charge in [0, 0.05) is 25.2 Å². The zero-order chi connectivity index (χ0) is 33.0. The molecule has 4 atom stereocenters. The number of nitrogens with zero attached hydrogens (tertiary/aromatic N) is 2. The summed E-state index contributed by atoms with van der Waals surface area (Å²) in [4.78, 5) is 26.9. The zero-order valence-electron chi connectivity index (χ0n) is 25.3. The van der Waals surface area contributed by atoms with E-state index in [1.54, 1.807) is 24.3 Å². The van der Waals surface area contributed by atoms with E-state index in [1.807, 2.05) is 19.9 Å². The first-order valence-electron chi connectivity index (χ1n) is 14.8. The predicted molar refractivity (Wildman–Crippen MR) is 163 cm³/mol. The summed E-state index contributed by atoms with van der Waals surface area (Å²) in [6.45, 7) is 3.25. The number of ether oxygens (including phenoxy) is 3. The highest BCUT2D eigenvalue weighted by molar-refractivity contribution is 7.89. The third-order valence-electron chi connectivity index (χ3n) is 7.99. The number of rotatable bonds is 13. The monoisotopic (exact) mass is 659 g/mol. The number of aliphatic hydroxyl groups is 1. The average Bonchev–Trinajstić information content (AvgIpc) is 3.68. The molecular weight excluding hydrogens is 624 g/mol. The van der Waals surface area contributed by atoms with Gasteiger partial charge in [0.05, 0.1) is 29.3 Å². The Morgan fingerprint density at radius 1 is 1.04 bits per heavy atom. The van der Waals surface area contributed by atoms with Crippen LogP contribution in [-0.2, 0) is 26.0 Å². The molecule has 0 bridgehead atoms. The van der Waals surface area contributed by atoms with Crippen LogP contribution in [-0.4, -0.2) is 74.5 Å². The summed E-state index contributed by atoms with van der Waals surface area (Å²) < 4.78 is 72.2. The van der Waals surface area contributed by atoms with Gasteiger partial charge >= 0.3 is 6.09 Å². The van der Waals surface area contributed by atoms with Gasteiger partial charge in [-0.25, -0.2) is 22.0 Å². The Balaban J connectivity index is 1.37. The molecule has 2 aliphatic heterocycles. The molecule has 1 saturated heterocycles. The summed E-state index contributed by atoms with van der Waals surface area (Å²) in [6.07, 6.45) is -2.85. The maximum Gasteiger partial charge on any atom is 0.415 e. The Kier molecular flexibility index (Phi) is 10.1. The molecule has 0 saturated carbocycles. The third-order valence-corrected chi connectivity index (χ3v) is 9.82. The van der Waals surface area contributed by atoms with E-state index in [9.17, 15) is 31.9 Å². The maximum atomic E-state index is 13.9. The second-order valence-corrected chi connectivity index (χ2v) is 13.2. The number of halogens is 2. The van der Waals surface area contributed by atoms with Crippen molar-refractivity contribution >= 4 is 27.7 Å². The predicted octanol–water partition coefficient (Wildman–Crippen LogP) is 3.84. The molecule has 3 aromatic rings. The molecule has 5 rings (SSSR count).